The molecule has 2 aromatic rings. The fraction of sp³-hybridized carbons (Fsp3) is 0.318. The first-order chi connectivity index (χ1) is 15.2. The maximum atomic E-state index is 12.8. The number of para-hydroxylation sites is 1. The van der Waals surface area contributed by atoms with Crippen molar-refractivity contribution >= 4 is 23.5 Å². The Bertz CT molecular complexity index is 1020. The van der Waals surface area contributed by atoms with Crippen molar-refractivity contribution in [1.82, 2.24) is 9.80 Å². The zero-order valence-corrected chi connectivity index (χ0v) is 16.9. The molecule has 0 unspecified atom stereocenters. The number of nitrogens with zero attached hydrogens (tertiary/aromatic N) is 3. The van der Waals surface area contributed by atoms with Crippen molar-refractivity contribution in [3.05, 3.63) is 60.2 Å². The highest BCUT2D eigenvalue weighted by molar-refractivity contribution is 6.19. The molecular weight excluding hydrogens is 427 g/mol. The fourth-order valence-corrected chi connectivity index (χ4v) is 4.03. The van der Waals surface area contributed by atoms with Crippen LogP contribution in [-0.4, -0.2) is 59.7 Å². The van der Waals surface area contributed by atoms with Gasteiger partial charge in [0.15, 0.2) is 0 Å². The highest BCUT2D eigenvalue weighted by Gasteiger charge is 2.42. The molecule has 168 valence electrons. The number of piperidine rings is 1. The number of carbonyl (C=O) groups excluding carboxylic acids is 3. The first kappa shape index (κ1) is 21.7. The quantitative estimate of drug-likeness (QED) is 0.671. The Hall–Kier alpha value is -3.56. The number of rotatable bonds is 4. The number of ether oxygens (including phenoxy) is 1. The fourth-order valence-electron chi connectivity index (χ4n) is 4.03. The maximum Gasteiger partial charge on any atom is 0.573 e. The Morgan fingerprint density at radius 2 is 1.66 bits per heavy atom. The minimum absolute atomic E-state index is 0.0246. The van der Waals surface area contributed by atoms with E-state index in [9.17, 15) is 27.6 Å². The van der Waals surface area contributed by atoms with Crippen molar-refractivity contribution in [2.24, 2.45) is 0 Å². The third-order valence-corrected chi connectivity index (χ3v) is 5.51. The summed E-state index contributed by atoms with van der Waals surface area (Å²) in [6.07, 6.45) is -3.91. The lowest BCUT2D eigenvalue weighted by atomic mass is 10.0. The van der Waals surface area contributed by atoms with Crippen LogP contribution in [0.25, 0.3) is 0 Å². The molecule has 2 saturated heterocycles. The number of alkyl halides is 3. The monoisotopic (exact) mass is 447 g/mol. The van der Waals surface area contributed by atoms with Gasteiger partial charge in [-0.25, -0.2) is 9.69 Å². The SMILES string of the molecule is O=C(c1cccc(OC(F)(F)F)c1)N1CCC(N2CC(=O)N(c3ccccc3)C2=O)CC1. The van der Waals surface area contributed by atoms with Gasteiger partial charge in [-0.05, 0) is 43.2 Å². The van der Waals surface area contributed by atoms with Gasteiger partial charge in [0.05, 0.1) is 5.69 Å². The predicted octanol–water partition coefficient (Wildman–Crippen LogP) is 3.66. The largest absolute Gasteiger partial charge is 0.573 e. The van der Waals surface area contributed by atoms with Gasteiger partial charge < -0.3 is 14.5 Å². The van der Waals surface area contributed by atoms with E-state index in [-0.39, 0.29) is 30.1 Å². The molecule has 0 radical (unpaired) electrons. The second kappa shape index (κ2) is 8.52. The topological polar surface area (TPSA) is 70.2 Å². The lowest BCUT2D eigenvalue weighted by Crippen LogP contribution is -2.48. The summed E-state index contributed by atoms with van der Waals surface area (Å²) in [6.45, 7) is 0.609. The Morgan fingerprint density at radius 3 is 2.31 bits per heavy atom. The number of amides is 4. The molecule has 0 atom stereocenters. The van der Waals surface area contributed by atoms with E-state index in [1.165, 1.54) is 21.9 Å². The molecule has 2 aliphatic heterocycles. The molecule has 4 rings (SSSR count). The Labute approximate surface area is 182 Å². The molecule has 2 heterocycles. The van der Waals surface area contributed by atoms with Gasteiger partial charge in [0.2, 0.25) is 0 Å². The van der Waals surface area contributed by atoms with Crippen molar-refractivity contribution in [2.75, 3.05) is 24.5 Å². The number of benzene rings is 2. The zero-order chi connectivity index (χ0) is 22.9. The van der Waals surface area contributed by atoms with Crippen molar-refractivity contribution in [3.8, 4) is 5.75 Å². The van der Waals surface area contributed by atoms with Crippen LogP contribution in [0.3, 0.4) is 0 Å². The van der Waals surface area contributed by atoms with Crippen molar-refractivity contribution in [1.29, 1.82) is 0 Å². The van der Waals surface area contributed by atoms with Gasteiger partial charge in [0.1, 0.15) is 12.3 Å². The number of halogens is 3. The summed E-state index contributed by atoms with van der Waals surface area (Å²) in [4.78, 5) is 42.2. The van der Waals surface area contributed by atoms with Crippen LogP contribution >= 0.6 is 0 Å². The van der Waals surface area contributed by atoms with E-state index in [1.807, 2.05) is 0 Å². The van der Waals surface area contributed by atoms with Crippen LogP contribution in [0.5, 0.6) is 5.75 Å². The van der Waals surface area contributed by atoms with Crippen molar-refractivity contribution < 1.29 is 32.3 Å². The molecule has 0 aromatic heterocycles. The minimum Gasteiger partial charge on any atom is -0.406 e. The molecule has 2 fully saturated rings. The van der Waals surface area contributed by atoms with E-state index < -0.39 is 18.0 Å². The van der Waals surface area contributed by atoms with Crippen LogP contribution in [0.1, 0.15) is 23.2 Å². The van der Waals surface area contributed by atoms with Crippen LogP contribution in [0, 0.1) is 0 Å². The van der Waals surface area contributed by atoms with E-state index >= 15 is 0 Å². The van der Waals surface area contributed by atoms with Crippen LogP contribution in [-0.2, 0) is 4.79 Å². The second-order valence-electron chi connectivity index (χ2n) is 7.57. The number of carbonyl (C=O) groups is 3. The average Bonchev–Trinajstić information content (AvgIpc) is 3.07. The van der Waals surface area contributed by atoms with E-state index in [4.69, 9.17) is 0 Å². The molecule has 0 aliphatic carbocycles. The Balaban J connectivity index is 1.38. The number of imide groups is 1. The molecular formula is C22H20F3N3O4. The molecule has 0 spiro atoms. The molecule has 4 amide bonds. The Morgan fingerprint density at radius 1 is 0.969 bits per heavy atom. The molecule has 2 aromatic carbocycles. The standard InChI is InChI=1S/C22H20F3N3O4/c23-22(24,25)32-18-8-4-5-15(13-18)20(30)26-11-9-16(10-12-26)27-14-19(29)28(21(27)31)17-6-2-1-3-7-17/h1-8,13,16H,9-12,14H2. The van der Waals surface area contributed by atoms with E-state index in [1.54, 1.807) is 30.3 Å². The van der Waals surface area contributed by atoms with Gasteiger partial charge in [0, 0.05) is 24.7 Å². The van der Waals surface area contributed by atoms with Crippen molar-refractivity contribution in [2.45, 2.75) is 25.2 Å². The summed E-state index contributed by atoms with van der Waals surface area (Å²) in [7, 11) is 0. The van der Waals surface area contributed by atoms with Gasteiger partial charge >= 0.3 is 12.4 Å². The highest BCUT2D eigenvalue weighted by atomic mass is 19.4. The molecule has 32 heavy (non-hydrogen) atoms. The van der Waals surface area contributed by atoms with Gasteiger partial charge in [0.25, 0.3) is 11.8 Å². The molecule has 10 heteroatoms. The lowest BCUT2D eigenvalue weighted by molar-refractivity contribution is -0.274. The normalized spacial score (nSPS) is 17.8. The third-order valence-electron chi connectivity index (χ3n) is 5.51. The molecule has 0 saturated carbocycles. The van der Waals surface area contributed by atoms with E-state index in [0.717, 1.165) is 17.0 Å². The second-order valence-corrected chi connectivity index (χ2v) is 7.57. The van der Waals surface area contributed by atoms with Gasteiger partial charge in [-0.3, -0.25) is 9.59 Å². The highest BCUT2D eigenvalue weighted by Crippen LogP contribution is 2.28. The lowest BCUT2D eigenvalue weighted by Gasteiger charge is -2.36. The summed E-state index contributed by atoms with van der Waals surface area (Å²) in [5, 5.41) is 0. The minimum atomic E-state index is -4.84. The molecule has 0 N–H and O–H groups in total. The number of likely N-dealkylation sites (tertiary alicyclic amines) is 1. The van der Waals surface area contributed by atoms with Crippen LogP contribution < -0.4 is 9.64 Å². The number of anilines is 1. The summed E-state index contributed by atoms with van der Waals surface area (Å²) in [5.74, 6) is -1.17. The zero-order valence-electron chi connectivity index (χ0n) is 16.9. The number of urea groups is 1. The van der Waals surface area contributed by atoms with Gasteiger partial charge in [-0.15, -0.1) is 13.2 Å². The Kier molecular flexibility index (Phi) is 5.77. The van der Waals surface area contributed by atoms with E-state index in [0.29, 0.717) is 31.6 Å². The molecule has 7 nitrogen and oxygen atoms in total. The predicted molar refractivity (Wildman–Crippen MR) is 108 cm³/mol. The summed E-state index contributed by atoms with van der Waals surface area (Å²) < 4.78 is 41.2. The van der Waals surface area contributed by atoms with Crippen LogP contribution in [0.15, 0.2) is 54.6 Å². The summed E-state index contributed by atoms with van der Waals surface area (Å²) in [5.41, 5.74) is 0.603. The van der Waals surface area contributed by atoms with E-state index in [2.05, 4.69) is 4.74 Å². The van der Waals surface area contributed by atoms with Crippen molar-refractivity contribution in [3.63, 3.8) is 0 Å². The molecule has 2 aliphatic rings. The first-order valence-electron chi connectivity index (χ1n) is 10.1. The number of hydrogen-bond acceptors (Lipinski definition) is 4. The third kappa shape index (κ3) is 4.53. The molecule has 0 bridgehead atoms. The number of hydrogen-bond donors (Lipinski definition) is 0. The maximum absolute atomic E-state index is 12.8. The van der Waals surface area contributed by atoms with Crippen LogP contribution in [0.4, 0.5) is 23.7 Å². The first-order valence-corrected chi connectivity index (χ1v) is 10.1. The van der Waals surface area contributed by atoms with Gasteiger partial charge in [-0.2, -0.15) is 0 Å². The smallest absolute Gasteiger partial charge is 0.406 e. The summed E-state index contributed by atoms with van der Waals surface area (Å²) >= 11 is 0. The van der Waals surface area contributed by atoms with Crippen LogP contribution in [0.2, 0.25) is 0 Å². The average molecular weight is 447 g/mol. The van der Waals surface area contributed by atoms with Gasteiger partial charge in [-0.1, -0.05) is 24.3 Å². The summed E-state index contributed by atoms with van der Waals surface area (Å²) in [6, 6.07) is 13.0.